The Balaban J connectivity index is 2.85. The zero-order valence-electron chi connectivity index (χ0n) is 5.53. The fourth-order valence-electron chi connectivity index (χ4n) is 0.815. The Morgan fingerprint density at radius 3 is 2.45 bits per heavy atom. The van der Waals surface area contributed by atoms with E-state index >= 15 is 0 Å². The minimum absolute atomic E-state index is 0.0780. The number of Topliss-reactive ketones (excluding diaryl/α,β-unsaturated/α-hetero) is 1. The summed E-state index contributed by atoms with van der Waals surface area (Å²) in [6.45, 7) is 0.290. The Kier molecular flexibility index (Phi) is 1.89. The molecule has 0 aliphatic carbocycles. The second kappa shape index (κ2) is 2.56. The lowest BCUT2D eigenvalue weighted by Crippen LogP contribution is -2.29. The first-order valence-corrected chi connectivity index (χ1v) is 3.06. The molecule has 1 rings (SSSR count). The molecule has 0 aromatic rings. The van der Waals surface area contributed by atoms with E-state index in [0.29, 0.717) is 6.54 Å². The minimum atomic E-state index is -4.51. The third-order valence-corrected chi connectivity index (χ3v) is 1.35. The van der Waals surface area contributed by atoms with Gasteiger partial charge in [-0.2, -0.15) is 13.2 Å². The van der Waals surface area contributed by atoms with E-state index < -0.39 is 17.5 Å². The molecular formula is C6H6F3NO. The predicted molar refractivity (Wildman–Crippen MR) is 31.8 cm³/mol. The number of ketones is 1. The summed E-state index contributed by atoms with van der Waals surface area (Å²) in [6.07, 6.45) is -3.86. The van der Waals surface area contributed by atoms with E-state index in [1.165, 1.54) is 0 Å². The van der Waals surface area contributed by atoms with Crippen LogP contribution in [-0.4, -0.2) is 18.5 Å². The SMILES string of the molecule is O=C1CCNC=C1C(F)(F)F. The molecule has 1 aliphatic heterocycles. The number of allylic oxidation sites excluding steroid dienone is 1. The van der Waals surface area contributed by atoms with Gasteiger partial charge in [-0.15, -0.1) is 0 Å². The molecule has 1 N–H and O–H groups in total. The molecule has 1 heterocycles. The molecule has 0 spiro atoms. The molecule has 62 valence electrons. The van der Waals surface area contributed by atoms with Gasteiger partial charge in [-0.3, -0.25) is 4.79 Å². The van der Waals surface area contributed by atoms with Crippen molar-refractivity contribution in [3.05, 3.63) is 11.8 Å². The molecule has 0 radical (unpaired) electrons. The van der Waals surface area contributed by atoms with Gasteiger partial charge in [-0.25, -0.2) is 0 Å². The smallest absolute Gasteiger partial charge is 0.390 e. The fourth-order valence-corrected chi connectivity index (χ4v) is 0.815. The van der Waals surface area contributed by atoms with E-state index in [1.54, 1.807) is 0 Å². The maximum absolute atomic E-state index is 11.9. The molecule has 0 saturated carbocycles. The maximum atomic E-state index is 11.9. The van der Waals surface area contributed by atoms with Crippen LogP contribution in [0.4, 0.5) is 13.2 Å². The van der Waals surface area contributed by atoms with Crippen LogP contribution in [0.3, 0.4) is 0 Å². The number of halogens is 3. The van der Waals surface area contributed by atoms with E-state index in [2.05, 4.69) is 5.32 Å². The van der Waals surface area contributed by atoms with E-state index in [1.807, 2.05) is 0 Å². The average Bonchev–Trinajstić information content (AvgIpc) is 1.86. The van der Waals surface area contributed by atoms with Crippen molar-refractivity contribution in [3.8, 4) is 0 Å². The first-order valence-electron chi connectivity index (χ1n) is 3.06. The summed E-state index contributed by atoms with van der Waals surface area (Å²) in [7, 11) is 0. The highest BCUT2D eigenvalue weighted by atomic mass is 19.4. The highest BCUT2D eigenvalue weighted by Gasteiger charge is 2.39. The molecule has 11 heavy (non-hydrogen) atoms. The van der Waals surface area contributed by atoms with Crippen LogP contribution >= 0.6 is 0 Å². The molecule has 1 aliphatic rings. The molecule has 0 amide bonds. The van der Waals surface area contributed by atoms with Gasteiger partial charge < -0.3 is 5.32 Å². The van der Waals surface area contributed by atoms with Crippen molar-refractivity contribution >= 4 is 5.78 Å². The van der Waals surface area contributed by atoms with E-state index in [0.717, 1.165) is 6.20 Å². The van der Waals surface area contributed by atoms with Gasteiger partial charge in [0.1, 0.15) is 5.57 Å². The number of carbonyl (C=O) groups excluding carboxylic acids is 1. The van der Waals surface area contributed by atoms with Crippen molar-refractivity contribution in [2.75, 3.05) is 6.54 Å². The Labute approximate surface area is 61.1 Å². The van der Waals surface area contributed by atoms with Gasteiger partial charge in [0, 0.05) is 19.2 Å². The van der Waals surface area contributed by atoms with Crippen molar-refractivity contribution in [1.29, 1.82) is 0 Å². The molecule has 0 saturated heterocycles. The molecule has 0 unspecified atom stereocenters. The lowest BCUT2D eigenvalue weighted by Gasteiger charge is -2.15. The zero-order valence-corrected chi connectivity index (χ0v) is 5.53. The number of rotatable bonds is 0. The van der Waals surface area contributed by atoms with Crippen molar-refractivity contribution < 1.29 is 18.0 Å². The average molecular weight is 165 g/mol. The third-order valence-electron chi connectivity index (χ3n) is 1.35. The molecule has 5 heteroatoms. The first kappa shape index (κ1) is 8.10. The largest absolute Gasteiger partial charge is 0.421 e. The number of alkyl halides is 3. The third kappa shape index (κ3) is 1.72. The number of hydrogen-bond donors (Lipinski definition) is 1. The van der Waals surface area contributed by atoms with Gasteiger partial charge in [0.25, 0.3) is 0 Å². The van der Waals surface area contributed by atoms with Crippen molar-refractivity contribution in [3.63, 3.8) is 0 Å². The van der Waals surface area contributed by atoms with Crippen LogP contribution in [0.2, 0.25) is 0 Å². The Bertz CT molecular complexity index is 206. The first-order chi connectivity index (χ1) is 5.02. The van der Waals surface area contributed by atoms with Gasteiger partial charge >= 0.3 is 6.18 Å². The molecule has 0 aromatic heterocycles. The van der Waals surface area contributed by atoms with Gasteiger partial charge in [-0.05, 0) is 0 Å². The standard InChI is InChI=1S/C6H6F3NO/c7-6(8,9)4-3-10-2-1-5(4)11/h3,10H,1-2H2. The Hall–Kier alpha value is -1.00. The summed E-state index contributed by atoms with van der Waals surface area (Å²) >= 11 is 0. The Morgan fingerprint density at radius 2 is 2.09 bits per heavy atom. The molecule has 0 fully saturated rings. The van der Waals surface area contributed by atoms with Crippen molar-refractivity contribution in [1.82, 2.24) is 5.32 Å². The van der Waals surface area contributed by atoms with Crippen LogP contribution in [0, 0.1) is 0 Å². The summed E-state index contributed by atoms with van der Waals surface area (Å²) in [5.41, 5.74) is -1.08. The van der Waals surface area contributed by atoms with E-state index in [-0.39, 0.29) is 6.42 Å². The summed E-state index contributed by atoms with van der Waals surface area (Å²) in [5, 5.41) is 2.37. The fraction of sp³-hybridized carbons (Fsp3) is 0.500. The molecule has 2 nitrogen and oxygen atoms in total. The monoisotopic (exact) mass is 165 g/mol. The van der Waals surface area contributed by atoms with Crippen LogP contribution in [0.25, 0.3) is 0 Å². The number of nitrogens with one attached hydrogen (secondary N) is 1. The van der Waals surface area contributed by atoms with Gasteiger partial charge in [0.15, 0.2) is 5.78 Å². The second-order valence-electron chi connectivity index (χ2n) is 2.18. The van der Waals surface area contributed by atoms with Gasteiger partial charge in [-0.1, -0.05) is 0 Å². The lowest BCUT2D eigenvalue weighted by molar-refractivity contribution is -0.129. The number of hydrogen-bond acceptors (Lipinski definition) is 2. The minimum Gasteiger partial charge on any atom is -0.390 e. The van der Waals surface area contributed by atoms with Crippen LogP contribution in [0.1, 0.15) is 6.42 Å². The van der Waals surface area contributed by atoms with E-state index in [9.17, 15) is 18.0 Å². The van der Waals surface area contributed by atoms with Crippen molar-refractivity contribution in [2.24, 2.45) is 0 Å². The Morgan fingerprint density at radius 1 is 1.45 bits per heavy atom. The van der Waals surface area contributed by atoms with Crippen LogP contribution in [0.5, 0.6) is 0 Å². The zero-order chi connectivity index (χ0) is 8.48. The molecule has 0 atom stereocenters. The van der Waals surface area contributed by atoms with Gasteiger partial charge in [0.2, 0.25) is 0 Å². The lowest BCUT2D eigenvalue weighted by atomic mass is 10.1. The molecular weight excluding hydrogens is 159 g/mol. The quantitative estimate of drug-likeness (QED) is 0.580. The van der Waals surface area contributed by atoms with Gasteiger partial charge in [0.05, 0.1) is 0 Å². The highest BCUT2D eigenvalue weighted by Crippen LogP contribution is 2.27. The highest BCUT2D eigenvalue weighted by molar-refractivity contribution is 5.97. The van der Waals surface area contributed by atoms with E-state index in [4.69, 9.17) is 0 Å². The van der Waals surface area contributed by atoms with Crippen molar-refractivity contribution in [2.45, 2.75) is 12.6 Å². The normalized spacial score (nSPS) is 19.2. The number of carbonyl (C=O) groups is 1. The topological polar surface area (TPSA) is 29.1 Å². The predicted octanol–water partition coefficient (Wildman–Crippen LogP) is 0.995. The maximum Gasteiger partial charge on any atom is 0.421 e. The second-order valence-corrected chi connectivity index (χ2v) is 2.18. The molecule has 0 bridgehead atoms. The summed E-state index contributed by atoms with van der Waals surface area (Å²) < 4.78 is 35.6. The summed E-state index contributed by atoms with van der Waals surface area (Å²) in [4.78, 5) is 10.6. The summed E-state index contributed by atoms with van der Waals surface area (Å²) in [5.74, 6) is -0.837. The van der Waals surface area contributed by atoms with Crippen LogP contribution < -0.4 is 5.32 Å². The van der Waals surface area contributed by atoms with Crippen LogP contribution in [0.15, 0.2) is 11.8 Å². The summed E-state index contributed by atoms with van der Waals surface area (Å²) in [6, 6.07) is 0. The molecule has 0 aromatic carbocycles. The van der Waals surface area contributed by atoms with Crippen LogP contribution in [-0.2, 0) is 4.79 Å².